The normalized spacial score (nSPS) is 14.9. The van der Waals surface area contributed by atoms with Crippen LogP contribution in [-0.4, -0.2) is 47.2 Å². The Morgan fingerprint density at radius 3 is 2.71 bits per heavy atom. The molecule has 0 aliphatic carbocycles. The van der Waals surface area contributed by atoms with Gasteiger partial charge in [0.2, 0.25) is 11.8 Å². The largest absolute Gasteiger partial charge is 0.370 e. The van der Waals surface area contributed by atoms with Crippen LogP contribution < -0.4 is 11.1 Å². The van der Waals surface area contributed by atoms with Crippen LogP contribution in [0.1, 0.15) is 49.0 Å². The van der Waals surface area contributed by atoms with E-state index in [9.17, 15) is 14.4 Å². The maximum Gasteiger partial charge on any atom is 0.272 e. The van der Waals surface area contributed by atoms with Crippen LogP contribution >= 0.6 is 11.3 Å². The Morgan fingerprint density at radius 1 is 1.21 bits per heavy atom. The van der Waals surface area contributed by atoms with Crippen LogP contribution in [0.15, 0.2) is 23.7 Å². The molecular weight excluding hydrogens is 376 g/mol. The van der Waals surface area contributed by atoms with E-state index in [1.165, 1.54) is 0 Å². The number of aromatic nitrogens is 1. The fraction of sp³-hybridized carbons (Fsp3) is 0.500. The van der Waals surface area contributed by atoms with Gasteiger partial charge in [-0.3, -0.25) is 19.4 Å². The second-order valence-corrected chi connectivity index (χ2v) is 8.19. The number of amides is 3. The third-order valence-corrected chi connectivity index (χ3v) is 6.00. The lowest BCUT2D eigenvalue weighted by atomic mass is 9.96. The van der Waals surface area contributed by atoms with Crippen LogP contribution in [0.4, 0.5) is 0 Å². The molecule has 1 aliphatic heterocycles. The van der Waals surface area contributed by atoms with Gasteiger partial charge in [0.25, 0.3) is 5.91 Å². The number of carbonyl (C=O) groups is 3. The number of nitrogens with one attached hydrogen (secondary N) is 1. The van der Waals surface area contributed by atoms with Crippen molar-refractivity contribution < 1.29 is 14.4 Å². The average Bonchev–Trinajstić information content (AvgIpc) is 3.17. The van der Waals surface area contributed by atoms with Gasteiger partial charge in [0, 0.05) is 48.8 Å². The first-order valence-corrected chi connectivity index (χ1v) is 10.6. The molecule has 0 radical (unpaired) electrons. The number of fused-ring (bicyclic) bond motifs is 1. The number of pyridine rings is 1. The van der Waals surface area contributed by atoms with Gasteiger partial charge < -0.3 is 16.0 Å². The molecule has 3 rings (SSSR count). The molecule has 8 heteroatoms. The highest BCUT2D eigenvalue weighted by Gasteiger charge is 2.24. The Balaban J connectivity index is 1.38. The monoisotopic (exact) mass is 402 g/mol. The number of hydrogen-bond donors (Lipinski definition) is 2. The number of thiophene rings is 1. The van der Waals surface area contributed by atoms with Crippen LogP contribution in [0.5, 0.6) is 0 Å². The Morgan fingerprint density at radius 2 is 1.96 bits per heavy atom. The summed E-state index contributed by atoms with van der Waals surface area (Å²) in [7, 11) is 0. The van der Waals surface area contributed by atoms with Crippen molar-refractivity contribution in [3.8, 4) is 0 Å². The van der Waals surface area contributed by atoms with Crippen molar-refractivity contribution >= 4 is 39.1 Å². The molecule has 0 bridgehead atoms. The summed E-state index contributed by atoms with van der Waals surface area (Å²) in [6.45, 7) is 2.00. The molecule has 2 aromatic rings. The van der Waals surface area contributed by atoms with Gasteiger partial charge in [-0.1, -0.05) is 0 Å². The lowest BCUT2D eigenvalue weighted by Gasteiger charge is -2.31. The number of nitrogens with two attached hydrogens (primary N) is 1. The molecule has 0 atom stereocenters. The van der Waals surface area contributed by atoms with Crippen molar-refractivity contribution in [1.82, 2.24) is 15.2 Å². The van der Waals surface area contributed by atoms with E-state index in [2.05, 4.69) is 10.3 Å². The smallest absolute Gasteiger partial charge is 0.272 e. The maximum atomic E-state index is 12.7. The van der Waals surface area contributed by atoms with E-state index in [1.807, 2.05) is 22.4 Å². The molecule has 0 unspecified atom stereocenters. The van der Waals surface area contributed by atoms with Crippen molar-refractivity contribution in [2.45, 2.75) is 38.5 Å². The van der Waals surface area contributed by atoms with Gasteiger partial charge in [-0.25, -0.2) is 0 Å². The van der Waals surface area contributed by atoms with E-state index >= 15 is 0 Å². The highest BCUT2D eigenvalue weighted by atomic mass is 32.1. The highest BCUT2D eigenvalue weighted by molar-refractivity contribution is 7.17. The average molecular weight is 403 g/mol. The molecule has 3 heterocycles. The molecule has 0 saturated carbocycles. The first-order chi connectivity index (χ1) is 13.5. The zero-order valence-electron chi connectivity index (χ0n) is 15.9. The molecule has 1 fully saturated rings. The molecule has 3 amide bonds. The van der Waals surface area contributed by atoms with Crippen LogP contribution in [0.2, 0.25) is 0 Å². The van der Waals surface area contributed by atoms with Crippen molar-refractivity contribution in [1.29, 1.82) is 0 Å². The minimum Gasteiger partial charge on any atom is -0.370 e. The number of piperidine rings is 1. The van der Waals surface area contributed by atoms with Gasteiger partial charge in [0.05, 0.1) is 0 Å². The first kappa shape index (κ1) is 20.3. The molecule has 2 aromatic heterocycles. The molecule has 1 aliphatic rings. The predicted molar refractivity (Wildman–Crippen MR) is 109 cm³/mol. The molecule has 0 spiro atoms. The molecular formula is C20H26N4O3S. The quantitative estimate of drug-likeness (QED) is 0.661. The number of rotatable bonds is 8. The second kappa shape index (κ2) is 9.64. The summed E-state index contributed by atoms with van der Waals surface area (Å²) in [5.74, 6) is 0.0437. The topological polar surface area (TPSA) is 105 Å². The summed E-state index contributed by atoms with van der Waals surface area (Å²) in [6, 6.07) is 3.87. The summed E-state index contributed by atoms with van der Waals surface area (Å²) in [4.78, 5) is 41.4. The van der Waals surface area contributed by atoms with E-state index in [-0.39, 0.29) is 17.7 Å². The minimum atomic E-state index is -0.327. The van der Waals surface area contributed by atoms with Gasteiger partial charge in [0.15, 0.2) is 0 Å². The van der Waals surface area contributed by atoms with Crippen LogP contribution in [0.25, 0.3) is 10.1 Å². The first-order valence-electron chi connectivity index (χ1n) is 9.70. The van der Waals surface area contributed by atoms with Gasteiger partial charge in [-0.2, -0.15) is 0 Å². The summed E-state index contributed by atoms with van der Waals surface area (Å²) < 4.78 is 1.08. The fourth-order valence-corrected chi connectivity index (χ4v) is 4.20. The third kappa shape index (κ3) is 5.51. The number of nitrogens with zero attached hydrogens (tertiary/aromatic N) is 2. The standard InChI is InChI=1S/C20H26N4O3S/c21-18(25)3-1-2-4-19(26)23-12-14-5-8-24(9-6-14)20(27)16-11-17-15(13-22-16)7-10-28-17/h7,10-11,13-14H,1-6,8-9,12H2,(H2,21,25)(H,23,26). The van der Waals surface area contributed by atoms with E-state index in [0.29, 0.717) is 56.9 Å². The number of hydrogen-bond acceptors (Lipinski definition) is 5. The van der Waals surface area contributed by atoms with Gasteiger partial charge in [0.1, 0.15) is 5.69 Å². The van der Waals surface area contributed by atoms with E-state index in [0.717, 1.165) is 22.9 Å². The van der Waals surface area contributed by atoms with Gasteiger partial charge >= 0.3 is 0 Å². The molecule has 28 heavy (non-hydrogen) atoms. The number of unbranched alkanes of at least 4 members (excludes halogenated alkanes) is 1. The van der Waals surface area contributed by atoms with Gasteiger partial charge in [-0.05, 0) is 49.1 Å². The second-order valence-electron chi connectivity index (χ2n) is 7.24. The van der Waals surface area contributed by atoms with Crippen molar-refractivity contribution in [2.24, 2.45) is 11.7 Å². The lowest BCUT2D eigenvalue weighted by Crippen LogP contribution is -2.41. The van der Waals surface area contributed by atoms with Crippen molar-refractivity contribution in [3.05, 3.63) is 29.4 Å². The Kier molecular flexibility index (Phi) is 6.97. The Labute approximate surface area is 168 Å². The van der Waals surface area contributed by atoms with E-state index in [4.69, 9.17) is 5.73 Å². The zero-order valence-corrected chi connectivity index (χ0v) is 16.7. The summed E-state index contributed by atoms with van der Waals surface area (Å²) >= 11 is 1.61. The van der Waals surface area contributed by atoms with Crippen LogP contribution in [0, 0.1) is 5.92 Å². The SMILES string of the molecule is NC(=O)CCCCC(=O)NCC1CCN(C(=O)c2cc3sccc3cn2)CC1. The fourth-order valence-electron chi connectivity index (χ4n) is 3.41. The van der Waals surface area contributed by atoms with Crippen LogP contribution in [-0.2, 0) is 9.59 Å². The van der Waals surface area contributed by atoms with Crippen molar-refractivity contribution in [3.63, 3.8) is 0 Å². The van der Waals surface area contributed by atoms with E-state index in [1.54, 1.807) is 17.5 Å². The molecule has 1 saturated heterocycles. The number of carbonyl (C=O) groups excluding carboxylic acids is 3. The van der Waals surface area contributed by atoms with Crippen LogP contribution in [0.3, 0.4) is 0 Å². The molecule has 150 valence electrons. The summed E-state index contributed by atoms with van der Waals surface area (Å²) in [5.41, 5.74) is 5.58. The number of primary amides is 1. The zero-order chi connectivity index (χ0) is 19.9. The predicted octanol–water partition coefficient (Wildman–Crippen LogP) is 2.31. The molecule has 7 nitrogen and oxygen atoms in total. The summed E-state index contributed by atoms with van der Waals surface area (Å²) in [6.07, 6.45) is 5.56. The lowest BCUT2D eigenvalue weighted by molar-refractivity contribution is -0.122. The third-order valence-electron chi connectivity index (χ3n) is 5.12. The highest BCUT2D eigenvalue weighted by Crippen LogP contribution is 2.22. The van der Waals surface area contributed by atoms with E-state index < -0.39 is 0 Å². The Bertz CT molecular complexity index is 843. The number of likely N-dealkylation sites (tertiary alicyclic amines) is 1. The Hall–Kier alpha value is -2.48. The van der Waals surface area contributed by atoms with Crippen molar-refractivity contribution in [2.75, 3.05) is 19.6 Å². The minimum absolute atomic E-state index is 0.0106. The molecule has 0 aromatic carbocycles. The maximum absolute atomic E-state index is 12.7. The summed E-state index contributed by atoms with van der Waals surface area (Å²) in [5, 5.41) is 6.02. The van der Waals surface area contributed by atoms with Gasteiger partial charge in [-0.15, -0.1) is 11.3 Å². The molecule has 3 N–H and O–H groups in total.